The van der Waals surface area contributed by atoms with Crippen LogP contribution in [0.4, 0.5) is 0 Å². The Morgan fingerprint density at radius 1 is 1.18 bits per heavy atom. The molecule has 122 valence electrons. The van der Waals surface area contributed by atoms with E-state index in [0.717, 1.165) is 12.8 Å². The number of nitrogens with zero attached hydrogens (tertiary/aromatic N) is 2. The molecule has 2 amide bonds. The molecule has 1 saturated heterocycles. The molecule has 1 aliphatic heterocycles. The molecule has 2 N–H and O–H groups in total. The minimum atomic E-state index is -0.556. The van der Waals surface area contributed by atoms with Gasteiger partial charge < -0.3 is 5.73 Å². The predicted molar refractivity (Wildman–Crippen MR) is 88.5 cm³/mol. The molecule has 2 atom stereocenters. The first-order valence-corrected chi connectivity index (χ1v) is 7.50. The number of carbonyl (C=O) groups excluding carboxylic acids is 2. The first kappa shape index (κ1) is 18.5. The quantitative estimate of drug-likeness (QED) is 0.921. The SMILES string of the molecule is CCC(C)[C@H](N)C(=O)N1CCCN1C(=O)c1ccccc1.Cl. The van der Waals surface area contributed by atoms with E-state index in [-0.39, 0.29) is 30.1 Å². The van der Waals surface area contributed by atoms with Gasteiger partial charge in [-0.1, -0.05) is 38.5 Å². The summed E-state index contributed by atoms with van der Waals surface area (Å²) >= 11 is 0. The summed E-state index contributed by atoms with van der Waals surface area (Å²) in [6.07, 6.45) is 1.63. The average Bonchev–Trinajstić information content (AvgIpc) is 3.02. The summed E-state index contributed by atoms with van der Waals surface area (Å²) in [5, 5.41) is 3.05. The third-order valence-corrected chi connectivity index (χ3v) is 4.08. The Morgan fingerprint density at radius 2 is 1.77 bits per heavy atom. The van der Waals surface area contributed by atoms with Crippen LogP contribution in [0, 0.1) is 5.92 Å². The highest BCUT2D eigenvalue weighted by atomic mass is 35.5. The van der Waals surface area contributed by atoms with Gasteiger partial charge in [0.2, 0.25) is 0 Å². The van der Waals surface area contributed by atoms with Crippen molar-refractivity contribution in [3.05, 3.63) is 35.9 Å². The fourth-order valence-electron chi connectivity index (χ4n) is 2.45. The normalized spacial score (nSPS) is 16.9. The second-order valence-corrected chi connectivity index (χ2v) is 5.52. The van der Waals surface area contributed by atoms with E-state index in [1.807, 2.05) is 32.0 Å². The van der Waals surface area contributed by atoms with Gasteiger partial charge in [-0.05, 0) is 24.5 Å². The van der Waals surface area contributed by atoms with E-state index in [1.165, 1.54) is 10.0 Å². The lowest BCUT2D eigenvalue weighted by molar-refractivity contribution is -0.143. The Bertz CT molecular complexity index is 509. The largest absolute Gasteiger partial charge is 0.320 e. The van der Waals surface area contributed by atoms with Gasteiger partial charge in [0.15, 0.2) is 0 Å². The van der Waals surface area contributed by atoms with Crippen molar-refractivity contribution in [3.63, 3.8) is 0 Å². The zero-order valence-electron chi connectivity index (χ0n) is 13.1. The zero-order valence-corrected chi connectivity index (χ0v) is 13.9. The molecule has 0 bridgehead atoms. The van der Waals surface area contributed by atoms with Gasteiger partial charge in [0.25, 0.3) is 11.8 Å². The van der Waals surface area contributed by atoms with Gasteiger partial charge in [0.1, 0.15) is 0 Å². The highest BCUT2D eigenvalue weighted by molar-refractivity contribution is 5.96. The number of carbonyl (C=O) groups is 2. The lowest BCUT2D eigenvalue weighted by Gasteiger charge is -2.31. The molecule has 1 fully saturated rings. The van der Waals surface area contributed by atoms with Gasteiger partial charge in [-0.25, -0.2) is 10.0 Å². The third-order valence-electron chi connectivity index (χ3n) is 4.08. The van der Waals surface area contributed by atoms with Crippen LogP contribution in [0.3, 0.4) is 0 Å². The fourth-order valence-corrected chi connectivity index (χ4v) is 2.45. The first-order valence-electron chi connectivity index (χ1n) is 7.50. The van der Waals surface area contributed by atoms with Gasteiger partial charge in [-0.2, -0.15) is 0 Å². The first-order chi connectivity index (χ1) is 10.1. The van der Waals surface area contributed by atoms with Crippen molar-refractivity contribution in [2.45, 2.75) is 32.7 Å². The Hall–Kier alpha value is -1.59. The summed E-state index contributed by atoms with van der Waals surface area (Å²) < 4.78 is 0. The molecule has 0 saturated carbocycles. The Kier molecular flexibility index (Phi) is 6.84. The van der Waals surface area contributed by atoms with Crippen molar-refractivity contribution in [3.8, 4) is 0 Å². The summed E-state index contributed by atoms with van der Waals surface area (Å²) in [6.45, 7) is 5.09. The number of nitrogens with two attached hydrogens (primary N) is 1. The maximum atomic E-state index is 12.5. The maximum Gasteiger partial charge on any atom is 0.272 e. The smallest absolute Gasteiger partial charge is 0.272 e. The number of hydrogen-bond donors (Lipinski definition) is 1. The Balaban J connectivity index is 0.00000242. The van der Waals surface area contributed by atoms with E-state index < -0.39 is 6.04 Å². The summed E-state index contributed by atoms with van der Waals surface area (Å²) in [5.41, 5.74) is 6.61. The van der Waals surface area contributed by atoms with Gasteiger partial charge in [-0.3, -0.25) is 9.59 Å². The molecule has 6 heteroatoms. The van der Waals surface area contributed by atoms with Crippen LogP contribution in [-0.2, 0) is 4.79 Å². The number of halogens is 1. The van der Waals surface area contributed by atoms with E-state index in [9.17, 15) is 9.59 Å². The molecule has 5 nitrogen and oxygen atoms in total. The minimum Gasteiger partial charge on any atom is -0.320 e. The Morgan fingerprint density at radius 3 is 2.36 bits per heavy atom. The number of benzene rings is 1. The predicted octanol–water partition coefficient (Wildman–Crippen LogP) is 2.07. The number of rotatable bonds is 4. The molecular weight excluding hydrogens is 302 g/mol. The molecule has 0 radical (unpaired) electrons. The molecule has 0 aromatic heterocycles. The van der Waals surface area contributed by atoms with Crippen molar-refractivity contribution in [2.75, 3.05) is 13.1 Å². The topological polar surface area (TPSA) is 66.6 Å². The van der Waals surface area contributed by atoms with Crippen molar-refractivity contribution in [1.82, 2.24) is 10.0 Å². The summed E-state index contributed by atoms with van der Waals surface area (Å²) in [6, 6.07) is 8.47. The molecule has 22 heavy (non-hydrogen) atoms. The monoisotopic (exact) mass is 325 g/mol. The molecule has 1 aromatic carbocycles. The van der Waals surface area contributed by atoms with Crippen molar-refractivity contribution >= 4 is 24.2 Å². The number of hydrogen-bond acceptors (Lipinski definition) is 3. The number of amides is 2. The van der Waals surface area contributed by atoms with Crippen LogP contribution in [0.1, 0.15) is 37.0 Å². The second kappa shape index (κ2) is 8.15. The van der Waals surface area contributed by atoms with Crippen LogP contribution < -0.4 is 5.73 Å². The van der Waals surface area contributed by atoms with Crippen molar-refractivity contribution in [2.24, 2.45) is 11.7 Å². The highest BCUT2D eigenvalue weighted by Crippen LogP contribution is 2.18. The fraction of sp³-hybridized carbons (Fsp3) is 0.500. The van der Waals surface area contributed by atoms with Crippen molar-refractivity contribution < 1.29 is 9.59 Å². The molecule has 1 unspecified atom stereocenters. The van der Waals surface area contributed by atoms with Gasteiger partial charge >= 0.3 is 0 Å². The van der Waals surface area contributed by atoms with Crippen molar-refractivity contribution in [1.29, 1.82) is 0 Å². The highest BCUT2D eigenvalue weighted by Gasteiger charge is 2.35. The minimum absolute atomic E-state index is 0. The zero-order chi connectivity index (χ0) is 15.4. The molecule has 1 heterocycles. The average molecular weight is 326 g/mol. The van der Waals surface area contributed by atoms with Crippen LogP contribution in [0.2, 0.25) is 0 Å². The van der Waals surface area contributed by atoms with Crippen LogP contribution in [0.25, 0.3) is 0 Å². The molecule has 1 aromatic rings. The van der Waals surface area contributed by atoms with Gasteiger partial charge in [-0.15, -0.1) is 12.4 Å². The number of hydrazine groups is 1. The molecule has 2 rings (SSSR count). The Labute approximate surface area is 137 Å². The van der Waals surface area contributed by atoms with E-state index in [1.54, 1.807) is 12.1 Å². The van der Waals surface area contributed by atoms with E-state index in [0.29, 0.717) is 18.7 Å². The molecule has 1 aliphatic rings. The summed E-state index contributed by atoms with van der Waals surface area (Å²) in [5.74, 6) is -0.198. The van der Waals surface area contributed by atoms with E-state index in [4.69, 9.17) is 5.73 Å². The second-order valence-electron chi connectivity index (χ2n) is 5.52. The standard InChI is InChI=1S/C16H23N3O2.ClH/c1-3-12(2)14(17)16(21)19-11-7-10-18(19)15(20)13-8-5-4-6-9-13;/h4-6,8-9,12,14H,3,7,10-11,17H2,1-2H3;1H/t12?,14-;/m0./s1. The lowest BCUT2D eigenvalue weighted by Crippen LogP contribution is -2.53. The summed E-state index contributed by atoms with van der Waals surface area (Å²) in [4.78, 5) is 25.0. The summed E-state index contributed by atoms with van der Waals surface area (Å²) in [7, 11) is 0. The van der Waals surface area contributed by atoms with Gasteiger partial charge in [0.05, 0.1) is 6.04 Å². The molecule has 0 spiro atoms. The van der Waals surface area contributed by atoms with E-state index in [2.05, 4.69) is 0 Å². The molecule has 0 aliphatic carbocycles. The van der Waals surface area contributed by atoms with Crippen LogP contribution in [0.5, 0.6) is 0 Å². The van der Waals surface area contributed by atoms with Gasteiger partial charge in [0, 0.05) is 18.7 Å². The van der Waals surface area contributed by atoms with Crippen LogP contribution in [0.15, 0.2) is 30.3 Å². The lowest BCUT2D eigenvalue weighted by atomic mass is 9.99. The van der Waals surface area contributed by atoms with E-state index >= 15 is 0 Å². The van der Waals surface area contributed by atoms with Crippen LogP contribution in [-0.4, -0.2) is 41.0 Å². The third kappa shape index (κ3) is 3.78. The van der Waals surface area contributed by atoms with Crippen LogP contribution >= 0.6 is 12.4 Å². The molecular formula is C16H24ClN3O2. The maximum absolute atomic E-state index is 12.5.